The van der Waals surface area contributed by atoms with Gasteiger partial charge in [-0.15, -0.1) is 0 Å². The van der Waals surface area contributed by atoms with Crippen molar-refractivity contribution in [2.24, 2.45) is 0 Å². The van der Waals surface area contributed by atoms with Crippen LogP contribution in [0.1, 0.15) is 25.0 Å². The Morgan fingerprint density at radius 1 is 1.35 bits per heavy atom. The van der Waals surface area contributed by atoms with Gasteiger partial charge in [-0.2, -0.15) is 0 Å². The highest BCUT2D eigenvalue weighted by Gasteiger charge is 2.07. The molecule has 3 heteroatoms. The topological polar surface area (TPSA) is 35.5 Å². The zero-order valence-electron chi connectivity index (χ0n) is 10.3. The summed E-state index contributed by atoms with van der Waals surface area (Å²) < 4.78 is 10.2. The minimum absolute atomic E-state index is 0.0260. The number of ether oxygens (including phenoxy) is 2. The predicted molar refractivity (Wildman–Crippen MR) is 66.6 cm³/mol. The Hall–Kier alpha value is -1.61. The monoisotopic (exact) mass is 234 g/mol. The van der Waals surface area contributed by atoms with Gasteiger partial charge in [0.1, 0.15) is 0 Å². The van der Waals surface area contributed by atoms with Gasteiger partial charge in [-0.05, 0) is 18.9 Å². The van der Waals surface area contributed by atoms with Crippen LogP contribution in [0.3, 0.4) is 0 Å². The molecule has 1 aromatic rings. The molecule has 17 heavy (non-hydrogen) atoms. The molecule has 0 spiro atoms. The van der Waals surface area contributed by atoms with Gasteiger partial charge in [-0.3, -0.25) is 0 Å². The molecule has 0 saturated carbocycles. The quantitative estimate of drug-likeness (QED) is 0.561. The van der Waals surface area contributed by atoms with Crippen LogP contribution in [0.2, 0.25) is 0 Å². The Labute approximate surface area is 102 Å². The number of hydrogen-bond acceptors (Lipinski definition) is 3. The number of methoxy groups -OCH3 is 1. The lowest BCUT2D eigenvalue weighted by molar-refractivity contribution is -0.137. The van der Waals surface area contributed by atoms with Gasteiger partial charge in [-0.25, -0.2) is 4.79 Å². The van der Waals surface area contributed by atoms with E-state index in [2.05, 4.69) is 0 Å². The second kappa shape index (κ2) is 7.63. The second-order valence-corrected chi connectivity index (χ2v) is 3.53. The van der Waals surface area contributed by atoms with E-state index < -0.39 is 0 Å². The molecule has 0 aromatic heterocycles. The van der Waals surface area contributed by atoms with Crippen molar-refractivity contribution in [3.05, 3.63) is 48.0 Å². The number of esters is 1. The van der Waals surface area contributed by atoms with Crippen LogP contribution in [0, 0.1) is 0 Å². The zero-order chi connectivity index (χ0) is 12.5. The van der Waals surface area contributed by atoms with E-state index in [1.54, 1.807) is 20.1 Å². The highest BCUT2D eigenvalue weighted by molar-refractivity contribution is 5.81. The fourth-order valence-corrected chi connectivity index (χ4v) is 1.51. The number of carbonyl (C=O) groups excluding carboxylic acids is 1. The first kappa shape index (κ1) is 13.5. The van der Waals surface area contributed by atoms with Crippen LogP contribution in [0.4, 0.5) is 0 Å². The van der Waals surface area contributed by atoms with Gasteiger partial charge in [0.25, 0.3) is 0 Å². The normalized spacial score (nSPS) is 12.6. The summed E-state index contributed by atoms with van der Waals surface area (Å²) in [6.07, 6.45) is 3.85. The van der Waals surface area contributed by atoms with Gasteiger partial charge in [0, 0.05) is 13.2 Å². The first-order chi connectivity index (χ1) is 8.27. The maximum atomic E-state index is 11.1. The second-order valence-electron chi connectivity index (χ2n) is 3.53. The van der Waals surface area contributed by atoms with Crippen molar-refractivity contribution in [1.29, 1.82) is 0 Å². The van der Waals surface area contributed by atoms with Gasteiger partial charge in [-0.1, -0.05) is 36.4 Å². The lowest BCUT2D eigenvalue weighted by atomic mass is 10.1. The van der Waals surface area contributed by atoms with Crippen molar-refractivity contribution in [1.82, 2.24) is 0 Å². The third-order valence-electron chi connectivity index (χ3n) is 2.35. The first-order valence-corrected chi connectivity index (χ1v) is 5.69. The van der Waals surface area contributed by atoms with E-state index in [-0.39, 0.29) is 12.1 Å². The fraction of sp³-hybridized carbons (Fsp3) is 0.357. The smallest absolute Gasteiger partial charge is 0.330 e. The molecule has 0 amide bonds. The summed E-state index contributed by atoms with van der Waals surface area (Å²) in [6.45, 7) is 2.18. The summed E-state index contributed by atoms with van der Waals surface area (Å²) in [6, 6.07) is 9.91. The molecule has 0 saturated heterocycles. The third-order valence-corrected chi connectivity index (χ3v) is 2.35. The molecule has 0 aliphatic rings. The zero-order valence-corrected chi connectivity index (χ0v) is 10.3. The van der Waals surface area contributed by atoms with E-state index in [1.165, 1.54) is 6.08 Å². The predicted octanol–water partition coefficient (Wildman–Crippen LogP) is 2.88. The van der Waals surface area contributed by atoms with Gasteiger partial charge >= 0.3 is 5.97 Å². The minimum Gasteiger partial charge on any atom is -0.463 e. The van der Waals surface area contributed by atoms with E-state index in [9.17, 15) is 4.79 Å². The highest BCUT2D eigenvalue weighted by Crippen LogP contribution is 2.20. The fourth-order valence-electron chi connectivity index (χ4n) is 1.51. The lowest BCUT2D eigenvalue weighted by Crippen LogP contribution is -2.02. The van der Waals surface area contributed by atoms with Crippen LogP contribution in [0.5, 0.6) is 0 Å². The summed E-state index contributed by atoms with van der Waals surface area (Å²) >= 11 is 0. The van der Waals surface area contributed by atoms with E-state index in [0.717, 1.165) is 5.56 Å². The largest absolute Gasteiger partial charge is 0.463 e. The number of rotatable bonds is 6. The molecular weight excluding hydrogens is 216 g/mol. The average molecular weight is 234 g/mol. The molecule has 0 fully saturated rings. The SMILES string of the molecule is CCOC(=O)/C=C/CC(OC)c1ccccc1. The molecule has 0 radical (unpaired) electrons. The van der Waals surface area contributed by atoms with Crippen LogP contribution >= 0.6 is 0 Å². The highest BCUT2D eigenvalue weighted by atomic mass is 16.5. The van der Waals surface area contributed by atoms with Crippen molar-refractivity contribution in [2.75, 3.05) is 13.7 Å². The van der Waals surface area contributed by atoms with Gasteiger partial charge in [0.05, 0.1) is 12.7 Å². The Morgan fingerprint density at radius 2 is 2.06 bits per heavy atom. The van der Waals surface area contributed by atoms with Gasteiger partial charge in [0.2, 0.25) is 0 Å². The van der Waals surface area contributed by atoms with Crippen molar-refractivity contribution in [3.8, 4) is 0 Å². The van der Waals surface area contributed by atoms with Crippen LogP contribution in [0.15, 0.2) is 42.5 Å². The van der Waals surface area contributed by atoms with Gasteiger partial charge in [0.15, 0.2) is 0 Å². The Balaban J connectivity index is 2.51. The van der Waals surface area contributed by atoms with Crippen molar-refractivity contribution < 1.29 is 14.3 Å². The van der Waals surface area contributed by atoms with Crippen molar-refractivity contribution in [2.45, 2.75) is 19.4 Å². The molecule has 1 rings (SSSR count). The number of benzene rings is 1. The molecular formula is C14H18O3. The maximum Gasteiger partial charge on any atom is 0.330 e. The maximum absolute atomic E-state index is 11.1. The summed E-state index contributed by atoms with van der Waals surface area (Å²) in [4.78, 5) is 11.1. The number of carbonyl (C=O) groups is 1. The molecule has 0 heterocycles. The Bertz CT molecular complexity index is 357. The minimum atomic E-state index is -0.310. The third kappa shape index (κ3) is 4.83. The summed E-state index contributed by atoms with van der Waals surface area (Å²) in [5.41, 5.74) is 1.10. The molecule has 1 aromatic carbocycles. The van der Waals surface area contributed by atoms with Crippen molar-refractivity contribution >= 4 is 5.97 Å². The Morgan fingerprint density at radius 3 is 2.65 bits per heavy atom. The molecule has 92 valence electrons. The molecule has 0 N–H and O–H groups in total. The summed E-state index contributed by atoms with van der Waals surface area (Å²) in [7, 11) is 1.66. The van der Waals surface area contributed by atoms with Crippen molar-refractivity contribution in [3.63, 3.8) is 0 Å². The Kier molecular flexibility index (Phi) is 6.04. The first-order valence-electron chi connectivity index (χ1n) is 5.69. The molecule has 1 unspecified atom stereocenters. The summed E-state index contributed by atoms with van der Waals surface area (Å²) in [5.74, 6) is -0.310. The molecule has 1 atom stereocenters. The van der Waals surface area contributed by atoms with E-state index in [1.807, 2.05) is 30.3 Å². The van der Waals surface area contributed by atoms with E-state index in [4.69, 9.17) is 9.47 Å². The molecule has 0 aliphatic heterocycles. The summed E-state index contributed by atoms with van der Waals surface area (Å²) in [5, 5.41) is 0. The van der Waals surface area contributed by atoms with Crippen LogP contribution < -0.4 is 0 Å². The van der Waals surface area contributed by atoms with Crippen LogP contribution in [-0.4, -0.2) is 19.7 Å². The molecule has 0 bridgehead atoms. The molecule has 0 aliphatic carbocycles. The van der Waals surface area contributed by atoms with Crippen LogP contribution in [0.25, 0.3) is 0 Å². The van der Waals surface area contributed by atoms with Crippen LogP contribution in [-0.2, 0) is 14.3 Å². The van der Waals surface area contributed by atoms with E-state index in [0.29, 0.717) is 13.0 Å². The average Bonchev–Trinajstić information content (AvgIpc) is 2.36. The standard InChI is InChI=1S/C14H18O3/c1-3-17-14(15)11-7-10-13(16-2)12-8-5-4-6-9-12/h4-9,11,13H,3,10H2,1-2H3/b11-7+. The lowest BCUT2D eigenvalue weighted by Gasteiger charge is -2.13. The molecule has 3 nitrogen and oxygen atoms in total. The number of hydrogen-bond donors (Lipinski definition) is 0. The van der Waals surface area contributed by atoms with Gasteiger partial charge < -0.3 is 9.47 Å². The van der Waals surface area contributed by atoms with E-state index >= 15 is 0 Å².